The molecule has 5 nitrogen and oxygen atoms in total. The Kier molecular flexibility index (Phi) is 8.69. The van der Waals surface area contributed by atoms with Crippen molar-refractivity contribution in [3.05, 3.63) is 18.2 Å². The van der Waals surface area contributed by atoms with Crippen LogP contribution in [0.2, 0.25) is 0 Å². The van der Waals surface area contributed by atoms with Crippen LogP contribution in [0.25, 0.3) is 0 Å². The molecule has 0 radical (unpaired) electrons. The maximum atomic E-state index is 11.3. The van der Waals surface area contributed by atoms with Crippen LogP contribution in [0.15, 0.2) is 23.1 Å². The van der Waals surface area contributed by atoms with E-state index < -0.39 is 10.1 Å². The molecule has 0 fully saturated rings. The quantitative estimate of drug-likeness (QED) is 0.549. The maximum absolute atomic E-state index is 11.3. The molecule has 1 aromatic rings. The summed E-state index contributed by atoms with van der Waals surface area (Å²) in [5.74, 6) is 0.538. The summed E-state index contributed by atoms with van der Waals surface area (Å²) >= 11 is 0. The minimum atomic E-state index is -4.32. The molecule has 0 saturated carbocycles. The van der Waals surface area contributed by atoms with Crippen molar-refractivity contribution in [3.63, 3.8) is 0 Å². The zero-order valence-electron chi connectivity index (χ0n) is 12.5. The molecule has 19 heavy (non-hydrogen) atoms. The summed E-state index contributed by atoms with van der Waals surface area (Å²) in [6.07, 6.45) is 1.56. The fraction of sp³-hybridized carbons (Fsp3) is 0.500. The molecule has 0 aromatic heterocycles. The summed E-state index contributed by atoms with van der Waals surface area (Å²) in [5, 5.41) is 0. The average Bonchev–Trinajstić information content (AvgIpc) is 2.33. The fourth-order valence-corrected chi connectivity index (χ4v) is 1.98. The second-order valence-corrected chi connectivity index (χ2v) is 5.17. The third-order valence-corrected chi connectivity index (χ3v) is 3.00. The number of hydrogen-bond acceptors (Lipinski definition) is 4. The van der Waals surface area contributed by atoms with Gasteiger partial charge in [-0.15, -0.1) is 0 Å². The fourth-order valence-electron chi connectivity index (χ4n) is 1.33. The molecule has 0 aliphatic rings. The van der Waals surface area contributed by atoms with E-state index in [2.05, 4.69) is 0 Å². The number of rotatable bonds is 7. The Hall–Kier alpha value is -0.270. The van der Waals surface area contributed by atoms with Gasteiger partial charge in [0, 0.05) is 6.07 Å². The first kappa shape index (κ1) is 18.7. The minimum absolute atomic E-state index is 0. The van der Waals surface area contributed by atoms with E-state index in [0.29, 0.717) is 19.0 Å². The van der Waals surface area contributed by atoms with Crippen LogP contribution in [0.3, 0.4) is 0 Å². The van der Waals surface area contributed by atoms with Crippen LogP contribution in [0, 0.1) is 0 Å². The molecule has 0 aliphatic heterocycles. The molecule has 0 bridgehead atoms. The molecule has 0 atom stereocenters. The molecule has 0 aliphatic carbocycles. The predicted molar refractivity (Wildman–Crippen MR) is 68.9 cm³/mol. The van der Waals surface area contributed by atoms with Crippen molar-refractivity contribution in [3.8, 4) is 11.5 Å². The summed E-state index contributed by atoms with van der Waals surface area (Å²) in [5.41, 5.74) is 0. The molecule has 0 amide bonds. The van der Waals surface area contributed by atoms with Crippen molar-refractivity contribution in [2.45, 2.75) is 31.6 Å². The Morgan fingerprint density at radius 1 is 1.16 bits per heavy atom. The number of hydrogen-bond donors (Lipinski definition) is 1. The monoisotopic (exact) mass is 298 g/mol. The van der Waals surface area contributed by atoms with Crippen molar-refractivity contribution in [2.24, 2.45) is 0 Å². The van der Waals surface area contributed by atoms with E-state index >= 15 is 0 Å². The van der Waals surface area contributed by atoms with Crippen LogP contribution in [0.5, 0.6) is 11.5 Å². The van der Waals surface area contributed by atoms with Crippen molar-refractivity contribution in [2.75, 3.05) is 13.2 Å². The Morgan fingerprint density at radius 2 is 1.74 bits per heavy atom. The second-order valence-electron chi connectivity index (χ2n) is 3.78. The molecule has 104 valence electrons. The van der Waals surface area contributed by atoms with E-state index in [4.69, 9.17) is 14.0 Å². The van der Waals surface area contributed by atoms with Crippen molar-refractivity contribution in [1.29, 1.82) is 0 Å². The summed E-state index contributed by atoms with van der Waals surface area (Å²) in [7, 11) is -4.32. The van der Waals surface area contributed by atoms with Gasteiger partial charge in [0.15, 0.2) is 0 Å². The first-order valence-electron chi connectivity index (χ1n) is 5.86. The molecular formula is C12H19NaO5S. The van der Waals surface area contributed by atoms with Crippen molar-refractivity contribution < 1.29 is 53.4 Å². The first-order chi connectivity index (χ1) is 8.49. The van der Waals surface area contributed by atoms with Crippen molar-refractivity contribution in [1.82, 2.24) is 0 Å². The van der Waals surface area contributed by atoms with Crippen LogP contribution >= 0.6 is 0 Å². The van der Waals surface area contributed by atoms with Gasteiger partial charge in [0.1, 0.15) is 16.4 Å². The normalized spacial score (nSPS) is 10.7. The van der Waals surface area contributed by atoms with Crippen LogP contribution in [0.1, 0.15) is 28.1 Å². The number of ether oxygens (including phenoxy) is 2. The molecule has 7 heteroatoms. The average molecular weight is 298 g/mol. The third kappa shape index (κ3) is 6.14. The van der Waals surface area contributed by atoms with Gasteiger partial charge >= 0.3 is 29.6 Å². The minimum Gasteiger partial charge on any atom is -1.00 e. The zero-order chi connectivity index (χ0) is 13.6. The molecule has 0 heterocycles. The van der Waals surface area contributed by atoms with Crippen LogP contribution in [0.4, 0.5) is 0 Å². The molecule has 1 rings (SSSR count). The molecule has 1 N–H and O–H groups in total. The van der Waals surface area contributed by atoms with Gasteiger partial charge in [-0.3, -0.25) is 4.55 Å². The van der Waals surface area contributed by atoms with Gasteiger partial charge in [-0.2, -0.15) is 8.42 Å². The Balaban J connectivity index is 0. The van der Waals surface area contributed by atoms with Gasteiger partial charge in [-0.25, -0.2) is 0 Å². The second kappa shape index (κ2) is 8.81. The zero-order valence-corrected chi connectivity index (χ0v) is 14.4. The first-order valence-corrected chi connectivity index (χ1v) is 7.30. The van der Waals surface area contributed by atoms with Gasteiger partial charge in [0.05, 0.1) is 13.2 Å². The van der Waals surface area contributed by atoms with Crippen LogP contribution in [-0.2, 0) is 10.1 Å². The van der Waals surface area contributed by atoms with E-state index in [0.717, 1.165) is 12.8 Å². The van der Waals surface area contributed by atoms with Gasteiger partial charge in [0.25, 0.3) is 10.1 Å². The smallest absolute Gasteiger partial charge is 1.00 e. The summed E-state index contributed by atoms with van der Waals surface area (Å²) in [4.78, 5) is -0.260. The van der Waals surface area contributed by atoms with E-state index in [1.54, 1.807) is 6.07 Å². The van der Waals surface area contributed by atoms with E-state index in [-0.39, 0.29) is 41.6 Å². The topological polar surface area (TPSA) is 72.8 Å². The van der Waals surface area contributed by atoms with Gasteiger partial charge in [-0.05, 0) is 25.0 Å². The van der Waals surface area contributed by atoms with Crippen LogP contribution in [-0.4, -0.2) is 26.2 Å². The predicted octanol–water partition coefficient (Wildman–Crippen LogP) is -0.373. The maximum Gasteiger partial charge on any atom is 1.00 e. The van der Waals surface area contributed by atoms with E-state index in [1.165, 1.54) is 12.1 Å². The standard InChI is InChI=1S/C12H18O5S.Na.H/c1-3-7-16-10-5-6-11(17-8-4-2)12(9-10)18(13,14)15;;/h5-6,9H,3-4,7-8H2,1-2H3,(H,13,14,15);;/q;+1;-1. The molecule has 0 unspecified atom stereocenters. The summed E-state index contributed by atoms with van der Waals surface area (Å²) in [6, 6.07) is 4.38. The summed E-state index contributed by atoms with van der Waals surface area (Å²) in [6.45, 7) is 4.73. The molecule has 1 aromatic carbocycles. The van der Waals surface area contributed by atoms with Gasteiger partial charge in [0.2, 0.25) is 0 Å². The Bertz CT molecular complexity index is 493. The summed E-state index contributed by atoms with van der Waals surface area (Å²) < 4.78 is 42.3. The van der Waals surface area contributed by atoms with E-state index in [1.807, 2.05) is 13.8 Å². The third-order valence-electron chi connectivity index (χ3n) is 2.13. The van der Waals surface area contributed by atoms with Crippen LogP contribution < -0.4 is 39.0 Å². The van der Waals surface area contributed by atoms with E-state index in [9.17, 15) is 8.42 Å². The van der Waals surface area contributed by atoms with Crippen molar-refractivity contribution >= 4 is 10.1 Å². The molecule has 0 spiro atoms. The Labute approximate surface area is 137 Å². The van der Waals surface area contributed by atoms with Gasteiger partial charge in [-0.1, -0.05) is 13.8 Å². The molecular weight excluding hydrogens is 279 g/mol. The molecule has 0 saturated heterocycles. The number of benzene rings is 1. The SMILES string of the molecule is CCCOc1ccc(OCCC)c(S(=O)(=O)O)c1.[H-].[Na+]. The Morgan fingerprint density at radius 3 is 2.26 bits per heavy atom. The largest absolute Gasteiger partial charge is 1.00 e. The van der Waals surface area contributed by atoms with Gasteiger partial charge < -0.3 is 10.9 Å².